The molecule has 1 aromatic rings. The van der Waals surface area contributed by atoms with Gasteiger partial charge in [0, 0.05) is 31.9 Å². The predicted octanol–water partition coefficient (Wildman–Crippen LogP) is 1.31. The number of hydrogen-bond acceptors (Lipinski definition) is 3. The smallest absolute Gasteiger partial charge is 0.253 e. The number of carbonyl (C=O) groups is 2. The van der Waals surface area contributed by atoms with E-state index in [0.29, 0.717) is 24.2 Å². The van der Waals surface area contributed by atoms with E-state index in [1.165, 1.54) is 4.90 Å². The lowest BCUT2D eigenvalue weighted by Crippen LogP contribution is -2.28. The van der Waals surface area contributed by atoms with Crippen LogP contribution >= 0.6 is 0 Å². The minimum Gasteiger partial charge on any atom is -0.345 e. The van der Waals surface area contributed by atoms with Crippen molar-refractivity contribution in [2.45, 2.75) is 13.3 Å². The van der Waals surface area contributed by atoms with Crippen molar-refractivity contribution in [1.82, 2.24) is 4.90 Å². The van der Waals surface area contributed by atoms with Crippen molar-refractivity contribution in [2.24, 2.45) is 11.7 Å². The van der Waals surface area contributed by atoms with Gasteiger partial charge in [0.25, 0.3) is 5.91 Å². The van der Waals surface area contributed by atoms with E-state index in [4.69, 9.17) is 5.73 Å². The molecule has 19 heavy (non-hydrogen) atoms. The Bertz CT molecular complexity index is 437. The van der Waals surface area contributed by atoms with Gasteiger partial charge < -0.3 is 16.0 Å². The first-order valence-electron chi connectivity index (χ1n) is 6.32. The van der Waals surface area contributed by atoms with Gasteiger partial charge in [0.15, 0.2) is 0 Å². The molecule has 1 atom stereocenters. The van der Waals surface area contributed by atoms with Gasteiger partial charge in [-0.15, -0.1) is 0 Å². The van der Waals surface area contributed by atoms with Crippen LogP contribution in [0.25, 0.3) is 0 Å². The maximum absolute atomic E-state index is 11.8. The number of nitrogens with zero attached hydrogens (tertiary/aromatic N) is 1. The number of amides is 2. The van der Waals surface area contributed by atoms with Gasteiger partial charge in [-0.3, -0.25) is 9.59 Å². The van der Waals surface area contributed by atoms with E-state index in [1.54, 1.807) is 38.4 Å². The van der Waals surface area contributed by atoms with Gasteiger partial charge in [-0.25, -0.2) is 0 Å². The van der Waals surface area contributed by atoms with Crippen LogP contribution in [0.2, 0.25) is 0 Å². The molecule has 0 aliphatic carbocycles. The molecule has 0 fully saturated rings. The van der Waals surface area contributed by atoms with Crippen molar-refractivity contribution >= 4 is 17.5 Å². The normalized spacial score (nSPS) is 11.8. The van der Waals surface area contributed by atoms with Crippen molar-refractivity contribution in [3.05, 3.63) is 29.8 Å². The van der Waals surface area contributed by atoms with Crippen LogP contribution in [0, 0.1) is 5.92 Å². The average Bonchev–Trinajstić information content (AvgIpc) is 2.40. The number of rotatable bonds is 5. The molecule has 2 amide bonds. The Hall–Kier alpha value is -1.88. The second kappa shape index (κ2) is 6.89. The molecule has 0 aliphatic rings. The summed E-state index contributed by atoms with van der Waals surface area (Å²) in [6.45, 7) is 2.26. The monoisotopic (exact) mass is 263 g/mol. The van der Waals surface area contributed by atoms with Crippen molar-refractivity contribution in [2.75, 3.05) is 26.0 Å². The highest BCUT2D eigenvalue weighted by atomic mass is 16.2. The summed E-state index contributed by atoms with van der Waals surface area (Å²) in [4.78, 5) is 25.0. The van der Waals surface area contributed by atoms with Crippen LogP contribution in [0.1, 0.15) is 23.7 Å². The van der Waals surface area contributed by atoms with Crippen LogP contribution in [0.4, 0.5) is 5.69 Å². The standard InChI is InChI=1S/C14H21N3O2/c1-4-10(9-15)13(18)16-12-7-5-11(6-8-12)14(19)17(2)3/h5-8,10H,4,9,15H2,1-3H3,(H,16,18). The van der Waals surface area contributed by atoms with Crippen LogP contribution in [0.5, 0.6) is 0 Å². The van der Waals surface area contributed by atoms with E-state index < -0.39 is 0 Å². The van der Waals surface area contributed by atoms with E-state index in [9.17, 15) is 9.59 Å². The van der Waals surface area contributed by atoms with Crippen LogP contribution in [-0.2, 0) is 4.79 Å². The Kier molecular flexibility index (Phi) is 5.51. The number of nitrogens with one attached hydrogen (secondary N) is 1. The Morgan fingerprint density at radius 1 is 1.26 bits per heavy atom. The Balaban J connectivity index is 2.72. The highest BCUT2D eigenvalue weighted by molar-refractivity contribution is 5.96. The number of nitrogens with two attached hydrogens (primary N) is 1. The van der Waals surface area contributed by atoms with Crippen LogP contribution in [0.15, 0.2) is 24.3 Å². The molecule has 0 radical (unpaired) electrons. The fourth-order valence-electron chi connectivity index (χ4n) is 1.66. The van der Waals surface area contributed by atoms with Crippen molar-refractivity contribution < 1.29 is 9.59 Å². The Morgan fingerprint density at radius 3 is 2.26 bits per heavy atom. The molecular formula is C14H21N3O2. The summed E-state index contributed by atoms with van der Waals surface area (Å²) in [5, 5.41) is 2.80. The summed E-state index contributed by atoms with van der Waals surface area (Å²) in [6.07, 6.45) is 0.708. The summed E-state index contributed by atoms with van der Waals surface area (Å²) in [5.74, 6) is -0.328. The first-order valence-corrected chi connectivity index (χ1v) is 6.32. The van der Waals surface area contributed by atoms with Crippen LogP contribution in [0.3, 0.4) is 0 Å². The number of benzene rings is 1. The largest absolute Gasteiger partial charge is 0.345 e. The molecule has 3 N–H and O–H groups in total. The maximum Gasteiger partial charge on any atom is 0.253 e. The zero-order chi connectivity index (χ0) is 14.4. The summed E-state index contributed by atoms with van der Waals surface area (Å²) < 4.78 is 0. The summed E-state index contributed by atoms with van der Waals surface area (Å²) >= 11 is 0. The van der Waals surface area contributed by atoms with Crippen molar-refractivity contribution in [1.29, 1.82) is 0 Å². The molecule has 5 nitrogen and oxygen atoms in total. The summed E-state index contributed by atoms with van der Waals surface area (Å²) in [6, 6.07) is 6.83. The third-order valence-electron chi connectivity index (χ3n) is 2.95. The number of anilines is 1. The van der Waals surface area contributed by atoms with Gasteiger partial charge >= 0.3 is 0 Å². The molecule has 5 heteroatoms. The van der Waals surface area contributed by atoms with E-state index in [0.717, 1.165) is 0 Å². The summed E-state index contributed by atoms with van der Waals surface area (Å²) in [7, 11) is 3.40. The topological polar surface area (TPSA) is 75.4 Å². The first kappa shape index (κ1) is 15.2. The highest BCUT2D eigenvalue weighted by Gasteiger charge is 2.14. The average molecular weight is 263 g/mol. The zero-order valence-electron chi connectivity index (χ0n) is 11.6. The van der Waals surface area contributed by atoms with Gasteiger partial charge in [-0.05, 0) is 30.7 Å². The molecule has 0 aliphatic heterocycles. The fraction of sp³-hybridized carbons (Fsp3) is 0.429. The minimum absolute atomic E-state index is 0.0636. The molecular weight excluding hydrogens is 242 g/mol. The zero-order valence-corrected chi connectivity index (χ0v) is 11.6. The van der Waals surface area contributed by atoms with Crippen LogP contribution in [-0.4, -0.2) is 37.4 Å². The number of hydrogen-bond donors (Lipinski definition) is 2. The van der Waals surface area contributed by atoms with E-state index in [2.05, 4.69) is 5.32 Å². The Labute approximate surface area is 113 Å². The van der Waals surface area contributed by atoms with E-state index >= 15 is 0 Å². The van der Waals surface area contributed by atoms with Gasteiger partial charge in [0.2, 0.25) is 5.91 Å². The molecule has 0 saturated carbocycles. The molecule has 1 rings (SSSR count). The van der Waals surface area contributed by atoms with Crippen LogP contribution < -0.4 is 11.1 Å². The number of carbonyl (C=O) groups excluding carboxylic acids is 2. The molecule has 0 spiro atoms. The molecule has 0 heterocycles. The van der Waals surface area contributed by atoms with Gasteiger partial charge in [-0.2, -0.15) is 0 Å². The maximum atomic E-state index is 11.8. The molecule has 0 aromatic heterocycles. The van der Waals surface area contributed by atoms with Crippen molar-refractivity contribution in [3.63, 3.8) is 0 Å². The molecule has 104 valence electrons. The lowest BCUT2D eigenvalue weighted by Gasteiger charge is -2.13. The van der Waals surface area contributed by atoms with Gasteiger partial charge in [0.05, 0.1) is 5.92 Å². The second-order valence-corrected chi connectivity index (χ2v) is 4.61. The van der Waals surface area contributed by atoms with Gasteiger partial charge in [-0.1, -0.05) is 6.92 Å². The first-order chi connectivity index (χ1) is 8.99. The molecule has 1 unspecified atom stereocenters. The van der Waals surface area contributed by atoms with E-state index in [1.807, 2.05) is 6.92 Å². The quantitative estimate of drug-likeness (QED) is 0.841. The molecule has 0 saturated heterocycles. The Morgan fingerprint density at radius 2 is 1.84 bits per heavy atom. The van der Waals surface area contributed by atoms with E-state index in [-0.39, 0.29) is 17.7 Å². The third kappa shape index (κ3) is 4.06. The molecule has 0 bridgehead atoms. The second-order valence-electron chi connectivity index (χ2n) is 4.61. The van der Waals surface area contributed by atoms with Gasteiger partial charge in [0.1, 0.15) is 0 Å². The third-order valence-corrected chi connectivity index (χ3v) is 2.95. The molecule has 1 aromatic carbocycles. The lowest BCUT2D eigenvalue weighted by molar-refractivity contribution is -0.119. The SMILES string of the molecule is CCC(CN)C(=O)Nc1ccc(C(=O)N(C)C)cc1. The lowest BCUT2D eigenvalue weighted by atomic mass is 10.1. The minimum atomic E-state index is -0.178. The fourth-order valence-corrected chi connectivity index (χ4v) is 1.66. The summed E-state index contributed by atoms with van der Waals surface area (Å²) in [5.41, 5.74) is 6.79. The van der Waals surface area contributed by atoms with Crippen molar-refractivity contribution in [3.8, 4) is 0 Å². The highest BCUT2D eigenvalue weighted by Crippen LogP contribution is 2.12. The predicted molar refractivity (Wildman–Crippen MR) is 75.9 cm³/mol.